The van der Waals surface area contributed by atoms with Gasteiger partial charge in [-0.05, 0) is 43.4 Å². The second-order valence-corrected chi connectivity index (χ2v) is 7.47. The maximum absolute atomic E-state index is 12.3. The molecule has 1 amide bonds. The monoisotopic (exact) mass is 329 g/mol. The molecule has 0 radical (unpaired) electrons. The van der Waals surface area contributed by atoms with E-state index in [4.69, 9.17) is 0 Å². The van der Waals surface area contributed by atoms with Crippen molar-refractivity contribution in [1.82, 2.24) is 9.80 Å². The summed E-state index contributed by atoms with van der Waals surface area (Å²) in [4.78, 5) is 19.1. The normalized spacial score (nSPS) is 20.9. The smallest absolute Gasteiger partial charge is 0.222 e. The lowest BCUT2D eigenvalue weighted by molar-refractivity contribution is -0.133. The van der Waals surface area contributed by atoms with Gasteiger partial charge < -0.3 is 9.80 Å². The molecule has 2 aliphatic rings. The summed E-state index contributed by atoms with van der Waals surface area (Å²) < 4.78 is 0. The molecule has 2 saturated heterocycles. The standard InChI is InChI=1S/C20H31N3O/c1-21(2)18-9-7-17(8-10-18)16-22-14-11-19(12-15-22)23-13-5-3-4-6-20(23)24/h7-10,19H,3-6,11-16H2,1-2H3. The Morgan fingerprint density at radius 2 is 1.71 bits per heavy atom. The topological polar surface area (TPSA) is 26.8 Å². The van der Waals surface area contributed by atoms with Crippen LogP contribution in [0.15, 0.2) is 24.3 Å². The van der Waals surface area contributed by atoms with Crippen molar-refractivity contribution >= 4 is 11.6 Å². The van der Waals surface area contributed by atoms with Crippen LogP contribution in [0.4, 0.5) is 5.69 Å². The molecule has 0 saturated carbocycles. The largest absolute Gasteiger partial charge is 0.378 e. The molecule has 1 aromatic rings. The number of piperidine rings is 1. The van der Waals surface area contributed by atoms with Gasteiger partial charge in [0.05, 0.1) is 0 Å². The van der Waals surface area contributed by atoms with E-state index >= 15 is 0 Å². The van der Waals surface area contributed by atoms with Crippen molar-refractivity contribution in [2.24, 2.45) is 0 Å². The van der Waals surface area contributed by atoms with Gasteiger partial charge in [0.1, 0.15) is 0 Å². The molecule has 0 atom stereocenters. The average Bonchev–Trinajstić information content (AvgIpc) is 2.81. The third kappa shape index (κ3) is 4.29. The Labute approximate surface area is 146 Å². The number of nitrogens with zero attached hydrogens (tertiary/aromatic N) is 3. The molecule has 1 aromatic carbocycles. The zero-order chi connectivity index (χ0) is 16.9. The van der Waals surface area contributed by atoms with Gasteiger partial charge in [0.25, 0.3) is 0 Å². The van der Waals surface area contributed by atoms with Crippen molar-refractivity contribution < 1.29 is 4.79 Å². The fourth-order valence-electron chi connectivity index (χ4n) is 3.94. The molecular weight excluding hydrogens is 298 g/mol. The highest BCUT2D eigenvalue weighted by atomic mass is 16.2. The summed E-state index contributed by atoms with van der Waals surface area (Å²) in [5.74, 6) is 0.394. The first-order valence-corrected chi connectivity index (χ1v) is 9.41. The van der Waals surface area contributed by atoms with Crippen molar-refractivity contribution in [2.45, 2.75) is 51.1 Å². The molecule has 2 aliphatic heterocycles. The minimum absolute atomic E-state index is 0.394. The Morgan fingerprint density at radius 1 is 1.00 bits per heavy atom. The number of hydrogen-bond acceptors (Lipinski definition) is 3. The summed E-state index contributed by atoms with van der Waals surface area (Å²) in [7, 11) is 4.15. The molecule has 0 aliphatic carbocycles. The molecule has 2 fully saturated rings. The van der Waals surface area contributed by atoms with E-state index in [0.717, 1.165) is 51.9 Å². The van der Waals surface area contributed by atoms with Gasteiger partial charge in [0.15, 0.2) is 0 Å². The zero-order valence-electron chi connectivity index (χ0n) is 15.2. The lowest BCUT2D eigenvalue weighted by Crippen LogP contribution is -2.47. The van der Waals surface area contributed by atoms with E-state index in [-0.39, 0.29) is 0 Å². The summed E-state index contributed by atoms with van der Waals surface area (Å²) in [5.41, 5.74) is 2.63. The summed E-state index contributed by atoms with van der Waals surface area (Å²) in [6, 6.07) is 9.33. The molecule has 0 spiro atoms. The van der Waals surface area contributed by atoms with Crippen LogP contribution in [0.25, 0.3) is 0 Å². The predicted molar refractivity (Wildman–Crippen MR) is 99.2 cm³/mol. The maximum Gasteiger partial charge on any atom is 0.222 e. The first-order valence-electron chi connectivity index (χ1n) is 9.41. The molecule has 4 heteroatoms. The third-order valence-electron chi connectivity index (χ3n) is 5.47. The fourth-order valence-corrected chi connectivity index (χ4v) is 3.94. The van der Waals surface area contributed by atoms with Gasteiger partial charge in [0.2, 0.25) is 5.91 Å². The second kappa shape index (κ2) is 8.02. The third-order valence-corrected chi connectivity index (χ3v) is 5.47. The number of anilines is 1. The van der Waals surface area contributed by atoms with Crippen LogP contribution < -0.4 is 4.90 Å². The van der Waals surface area contributed by atoms with E-state index in [1.54, 1.807) is 0 Å². The summed E-state index contributed by atoms with van der Waals surface area (Å²) in [5, 5.41) is 0. The van der Waals surface area contributed by atoms with Crippen molar-refractivity contribution in [3.05, 3.63) is 29.8 Å². The number of carbonyl (C=O) groups excluding carboxylic acids is 1. The first-order chi connectivity index (χ1) is 11.6. The van der Waals surface area contributed by atoms with E-state index in [1.807, 2.05) is 0 Å². The average molecular weight is 329 g/mol. The van der Waals surface area contributed by atoms with Gasteiger partial charge >= 0.3 is 0 Å². The number of carbonyl (C=O) groups is 1. The summed E-state index contributed by atoms with van der Waals surface area (Å²) in [6.45, 7) is 4.21. The van der Waals surface area contributed by atoms with Gasteiger partial charge in [-0.25, -0.2) is 0 Å². The van der Waals surface area contributed by atoms with Crippen LogP contribution in [0.2, 0.25) is 0 Å². The summed E-state index contributed by atoms with van der Waals surface area (Å²) >= 11 is 0. The van der Waals surface area contributed by atoms with Crippen molar-refractivity contribution in [3.8, 4) is 0 Å². The van der Waals surface area contributed by atoms with Gasteiger partial charge in [-0.3, -0.25) is 9.69 Å². The minimum atomic E-state index is 0.394. The Hall–Kier alpha value is -1.55. The van der Waals surface area contributed by atoms with Crippen molar-refractivity contribution in [1.29, 1.82) is 0 Å². The van der Waals surface area contributed by atoms with Crippen LogP contribution in [0.1, 0.15) is 44.1 Å². The van der Waals surface area contributed by atoms with E-state index < -0.39 is 0 Å². The molecule has 0 bridgehead atoms. The van der Waals surface area contributed by atoms with E-state index in [0.29, 0.717) is 11.9 Å². The van der Waals surface area contributed by atoms with Gasteiger partial charge in [-0.1, -0.05) is 18.6 Å². The number of likely N-dealkylation sites (tertiary alicyclic amines) is 2. The number of benzene rings is 1. The van der Waals surface area contributed by atoms with Crippen LogP contribution in [0.3, 0.4) is 0 Å². The molecule has 3 rings (SSSR count). The fraction of sp³-hybridized carbons (Fsp3) is 0.650. The highest BCUT2D eigenvalue weighted by Gasteiger charge is 2.28. The quantitative estimate of drug-likeness (QED) is 0.849. The van der Waals surface area contributed by atoms with Gasteiger partial charge in [-0.2, -0.15) is 0 Å². The van der Waals surface area contributed by atoms with Crippen LogP contribution in [0.5, 0.6) is 0 Å². The van der Waals surface area contributed by atoms with Crippen LogP contribution in [0, 0.1) is 0 Å². The van der Waals surface area contributed by atoms with Gasteiger partial charge in [-0.15, -0.1) is 0 Å². The molecule has 2 heterocycles. The Bertz CT molecular complexity index is 532. The molecule has 4 nitrogen and oxygen atoms in total. The predicted octanol–water partition coefficient (Wildman–Crippen LogP) is 3.12. The van der Waals surface area contributed by atoms with Crippen LogP contribution in [-0.2, 0) is 11.3 Å². The Kier molecular flexibility index (Phi) is 5.77. The van der Waals surface area contributed by atoms with E-state index in [9.17, 15) is 4.79 Å². The molecule has 0 unspecified atom stereocenters. The van der Waals surface area contributed by atoms with Gasteiger partial charge in [0, 0.05) is 58.4 Å². The Morgan fingerprint density at radius 3 is 2.38 bits per heavy atom. The SMILES string of the molecule is CN(C)c1ccc(CN2CCC(N3CCCCCC3=O)CC2)cc1. The molecule has 132 valence electrons. The Balaban J connectivity index is 1.50. The maximum atomic E-state index is 12.3. The number of amides is 1. The second-order valence-electron chi connectivity index (χ2n) is 7.47. The molecular formula is C20H31N3O. The van der Waals surface area contributed by atoms with Crippen molar-refractivity contribution in [3.63, 3.8) is 0 Å². The van der Waals surface area contributed by atoms with Crippen LogP contribution >= 0.6 is 0 Å². The highest BCUT2D eigenvalue weighted by molar-refractivity contribution is 5.76. The molecule has 0 aromatic heterocycles. The van der Waals surface area contributed by atoms with Crippen LogP contribution in [-0.4, -0.2) is 55.5 Å². The lowest BCUT2D eigenvalue weighted by Gasteiger charge is -2.38. The molecule has 0 N–H and O–H groups in total. The first kappa shape index (κ1) is 17.3. The van der Waals surface area contributed by atoms with Crippen molar-refractivity contribution in [2.75, 3.05) is 38.6 Å². The lowest BCUT2D eigenvalue weighted by atomic mass is 10.0. The summed E-state index contributed by atoms with van der Waals surface area (Å²) in [6.07, 6.45) is 6.49. The van der Waals surface area contributed by atoms with E-state index in [2.05, 4.69) is 53.1 Å². The number of rotatable bonds is 4. The van der Waals surface area contributed by atoms with E-state index in [1.165, 1.54) is 24.1 Å². The number of hydrogen-bond donors (Lipinski definition) is 0. The zero-order valence-corrected chi connectivity index (χ0v) is 15.2. The minimum Gasteiger partial charge on any atom is -0.378 e. The molecule has 24 heavy (non-hydrogen) atoms. The highest BCUT2D eigenvalue weighted by Crippen LogP contribution is 2.23.